The molecule has 0 spiro atoms. The van der Waals surface area contributed by atoms with Crippen molar-refractivity contribution >= 4 is 5.91 Å². The fourth-order valence-electron chi connectivity index (χ4n) is 3.14. The third kappa shape index (κ3) is 5.42. The number of benzene rings is 2. The fraction of sp³-hybridized carbons (Fsp3) is 0.261. The van der Waals surface area contributed by atoms with Crippen LogP contribution in [-0.4, -0.2) is 43.3 Å². The Balaban J connectivity index is 1.59. The molecule has 1 heterocycles. The molecule has 3 rings (SSSR count). The van der Waals surface area contributed by atoms with E-state index in [1.807, 2.05) is 36.4 Å². The van der Waals surface area contributed by atoms with Crippen LogP contribution in [0.15, 0.2) is 59.7 Å². The van der Waals surface area contributed by atoms with E-state index in [4.69, 9.17) is 14.2 Å². The van der Waals surface area contributed by atoms with Gasteiger partial charge in [0.05, 0.1) is 33.4 Å². The lowest BCUT2D eigenvalue weighted by Gasteiger charge is -2.11. The second-order valence-electron chi connectivity index (χ2n) is 6.73. The zero-order valence-electron chi connectivity index (χ0n) is 17.8. The van der Waals surface area contributed by atoms with Crippen molar-refractivity contribution in [3.8, 4) is 28.5 Å². The summed E-state index contributed by atoms with van der Waals surface area (Å²) in [5.74, 6) is 1.65. The van der Waals surface area contributed by atoms with Gasteiger partial charge in [0, 0.05) is 18.2 Å². The average Bonchev–Trinajstić information content (AvgIpc) is 2.80. The number of methoxy groups -OCH3 is 3. The molecule has 8 heteroatoms. The fourth-order valence-corrected chi connectivity index (χ4v) is 3.14. The summed E-state index contributed by atoms with van der Waals surface area (Å²) in [7, 11) is 4.72. The van der Waals surface area contributed by atoms with Crippen molar-refractivity contribution in [2.45, 2.75) is 13.0 Å². The normalized spacial score (nSPS) is 10.4. The Morgan fingerprint density at radius 2 is 1.71 bits per heavy atom. The van der Waals surface area contributed by atoms with E-state index in [1.54, 1.807) is 27.4 Å². The van der Waals surface area contributed by atoms with E-state index in [0.29, 0.717) is 41.5 Å². The van der Waals surface area contributed by atoms with Crippen LogP contribution in [0.3, 0.4) is 0 Å². The summed E-state index contributed by atoms with van der Waals surface area (Å²) >= 11 is 0. The van der Waals surface area contributed by atoms with Gasteiger partial charge < -0.3 is 19.5 Å². The Labute approximate surface area is 180 Å². The molecule has 1 N–H and O–H groups in total. The molecule has 1 amide bonds. The number of ether oxygens (including phenoxy) is 3. The summed E-state index contributed by atoms with van der Waals surface area (Å²) in [5.41, 5.74) is 1.89. The Bertz CT molecular complexity index is 1110. The molecule has 0 radical (unpaired) electrons. The van der Waals surface area contributed by atoms with Gasteiger partial charge in [0.25, 0.3) is 5.56 Å². The van der Waals surface area contributed by atoms with Gasteiger partial charge in [0.2, 0.25) is 5.91 Å². The molecule has 0 saturated carbocycles. The average molecular weight is 423 g/mol. The van der Waals surface area contributed by atoms with Gasteiger partial charge in [-0.05, 0) is 36.2 Å². The second kappa shape index (κ2) is 10.3. The number of amides is 1. The van der Waals surface area contributed by atoms with Crippen LogP contribution in [0.2, 0.25) is 0 Å². The Hall–Kier alpha value is -3.81. The minimum atomic E-state index is -0.314. The maximum atomic E-state index is 12.5. The van der Waals surface area contributed by atoms with Gasteiger partial charge in [-0.2, -0.15) is 0 Å². The Kier molecular flexibility index (Phi) is 7.26. The molecule has 0 aliphatic rings. The quantitative estimate of drug-likeness (QED) is 0.568. The zero-order chi connectivity index (χ0) is 22.2. The van der Waals surface area contributed by atoms with Crippen molar-refractivity contribution in [2.75, 3.05) is 27.9 Å². The first-order chi connectivity index (χ1) is 15.0. The van der Waals surface area contributed by atoms with E-state index >= 15 is 0 Å². The summed E-state index contributed by atoms with van der Waals surface area (Å²) in [6.07, 6.45) is 1.99. The van der Waals surface area contributed by atoms with Gasteiger partial charge in [-0.3, -0.25) is 14.2 Å². The molecule has 162 valence electrons. The lowest BCUT2D eigenvalue weighted by molar-refractivity contribution is -0.121. The summed E-state index contributed by atoms with van der Waals surface area (Å²) < 4.78 is 17.1. The van der Waals surface area contributed by atoms with Crippen LogP contribution in [0.25, 0.3) is 11.3 Å². The lowest BCUT2D eigenvalue weighted by Crippen LogP contribution is -2.33. The van der Waals surface area contributed by atoms with E-state index in [2.05, 4.69) is 10.3 Å². The van der Waals surface area contributed by atoms with Crippen LogP contribution < -0.4 is 25.1 Å². The highest BCUT2D eigenvalue weighted by Gasteiger charge is 2.10. The Morgan fingerprint density at radius 3 is 2.42 bits per heavy atom. The molecular formula is C23H25N3O5. The first-order valence-corrected chi connectivity index (χ1v) is 9.73. The molecule has 0 fully saturated rings. The minimum Gasteiger partial charge on any atom is -0.496 e. The highest BCUT2D eigenvalue weighted by molar-refractivity contribution is 5.75. The number of carbonyl (C=O) groups is 1. The molecule has 0 saturated heterocycles. The van der Waals surface area contributed by atoms with E-state index in [1.165, 1.54) is 17.0 Å². The number of nitrogens with one attached hydrogen (secondary N) is 1. The van der Waals surface area contributed by atoms with Crippen molar-refractivity contribution < 1.29 is 19.0 Å². The Morgan fingerprint density at radius 1 is 0.968 bits per heavy atom. The zero-order valence-corrected chi connectivity index (χ0v) is 17.8. The summed E-state index contributed by atoms with van der Waals surface area (Å²) in [6.45, 7) is 0.319. The van der Waals surface area contributed by atoms with E-state index in [9.17, 15) is 9.59 Å². The first-order valence-electron chi connectivity index (χ1n) is 9.73. The number of hydrogen-bond acceptors (Lipinski definition) is 6. The number of rotatable bonds is 9. The molecule has 0 bridgehead atoms. The number of hydrogen-bond donors (Lipinski definition) is 1. The molecule has 0 aliphatic heterocycles. The van der Waals surface area contributed by atoms with Gasteiger partial charge in [-0.15, -0.1) is 0 Å². The predicted molar refractivity (Wildman–Crippen MR) is 117 cm³/mol. The van der Waals surface area contributed by atoms with Crippen molar-refractivity contribution in [2.24, 2.45) is 0 Å². The third-order valence-corrected chi connectivity index (χ3v) is 4.76. The van der Waals surface area contributed by atoms with Gasteiger partial charge in [0.15, 0.2) is 11.5 Å². The SMILES string of the molecule is COc1ccc(CCNC(=O)Cn2cnc(-c3ccccc3OC)cc2=O)cc1OC. The molecule has 31 heavy (non-hydrogen) atoms. The number of para-hydroxylation sites is 1. The molecule has 0 atom stereocenters. The van der Waals surface area contributed by atoms with E-state index in [0.717, 1.165) is 5.56 Å². The van der Waals surface area contributed by atoms with Gasteiger partial charge >= 0.3 is 0 Å². The summed E-state index contributed by atoms with van der Waals surface area (Å²) in [6, 6.07) is 14.3. The number of nitrogens with zero attached hydrogens (tertiary/aromatic N) is 2. The van der Waals surface area contributed by atoms with Crippen LogP contribution >= 0.6 is 0 Å². The van der Waals surface area contributed by atoms with Crippen molar-refractivity contribution in [3.63, 3.8) is 0 Å². The van der Waals surface area contributed by atoms with E-state index in [-0.39, 0.29) is 18.0 Å². The topological polar surface area (TPSA) is 91.7 Å². The second-order valence-corrected chi connectivity index (χ2v) is 6.73. The molecule has 8 nitrogen and oxygen atoms in total. The molecule has 0 aliphatic carbocycles. The molecule has 2 aromatic carbocycles. The largest absolute Gasteiger partial charge is 0.496 e. The monoisotopic (exact) mass is 423 g/mol. The van der Waals surface area contributed by atoms with Crippen LogP contribution in [0.4, 0.5) is 0 Å². The predicted octanol–water partition coefficient (Wildman–Crippen LogP) is 2.29. The molecule has 0 unspecified atom stereocenters. The highest BCUT2D eigenvalue weighted by atomic mass is 16.5. The molecule has 1 aromatic heterocycles. The maximum Gasteiger partial charge on any atom is 0.254 e. The standard InChI is InChI=1S/C23H25N3O5/c1-29-19-7-5-4-6-17(19)18-13-23(28)26(15-25-18)14-22(27)24-11-10-16-8-9-20(30-2)21(12-16)31-3/h4-9,12-13,15H,10-11,14H2,1-3H3,(H,24,27). The third-order valence-electron chi connectivity index (χ3n) is 4.76. The number of carbonyl (C=O) groups excluding carboxylic acids is 1. The van der Waals surface area contributed by atoms with Gasteiger partial charge in [-0.25, -0.2) is 4.98 Å². The van der Waals surface area contributed by atoms with Crippen LogP contribution in [0.5, 0.6) is 17.2 Å². The summed E-state index contributed by atoms with van der Waals surface area (Å²) in [5, 5.41) is 2.82. The highest BCUT2D eigenvalue weighted by Crippen LogP contribution is 2.28. The molecule has 3 aromatic rings. The number of aromatic nitrogens is 2. The maximum absolute atomic E-state index is 12.5. The van der Waals surface area contributed by atoms with Crippen molar-refractivity contribution in [1.82, 2.24) is 14.9 Å². The van der Waals surface area contributed by atoms with Crippen LogP contribution in [0.1, 0.15) is 5.56 Å². The van der Waals surface area contributed by atoms with E-state index < -0.39 is 0 Å². The van der Waals surface area contributed by atoms with Gasteiger partial charge in [0.1, 0.15) is 12.3 Å². The molecular weight excluding hydrogens is 398 g/mol. The van der Waals surface area contributed by atoms with Crippen LogP contribution in [-0.2, 0) is 17.8 Å². The smallest absolute Gasteiger partial charge is 0.254 e. The minimum absolute atomic E-state index is 0.107. The van der Waals surface area contributed by atoms with Gasteiger partial charge in [-0.1, -0.05) is 18.2 Å². The van der Waals surface area contributed by atoms with Crippen molar-refractivity contribution in [3.05, 3.63) is 70.8 Å². The summed E-state index contributed by atoms with van der Waals surface area (Å²) in [4.78, 5) is 29.0. The first kappa shape index (κ1) is 21.9. The van der Waals surface area contributed by atoms with Crippen LogP contribution in [0, 0.1) is 0 Å². The lowest BCUT2D eigenvalue weighted by atomic mass is 10.1. The van der Waals surface area contributed by atoms with Crippen molar-refractivity contribution in [1.29, 1.82) is 0 Å².